The summed E-state index contributed by atoms with van der Waals surface area (Å²) < 4.78 is 73.4. The van der Waals surface area contributed by atoms with E-state index in [0.717, 1.165) is 108 Å². The number of pyridine rings is 1. The average molecular weight is 1150 g/mol. The molecule has 18 nitrogen and oxygen atoms in total. The molecule has 4 saturated heterocycles. The Kier molecular flexibility index (Phi) is 17.3. The lowest BCUT2D eigenvalue weighted by Gasteiger charge is -2.41. The normalized spacial score (nSPS) is 20.9. The third-order valence-electron chi connectivity index (χ3n) is 16.2. The molecule has 4 fully saturated rings. The Morgan fingerprint density at radius 1 is 0.877 bits per heavy atom. The van der Waals surface area contributed by atoms with Crippen molar-refractivity contribution in [2.24, 2.45) is 11.3 Å². The number of aromatic nitrogens is 3. The number of thiazole rings is 1. The number of fused-ring (bicyclic) bond motifs is 1. The fraction of sp³-hybridized carbons (Fsp3) is 0.466. The van der Waals surface area contributed by atoms with Gasteiger partial charge in [0, 0.05) is 93.5 Å². The van der Waals surface area contributed by atoms with E-state index in [1.165, 1.54) is 6.20 Å². The minimum Gasteiger partial charge on any atom is -0.392 e. The van der Waals surface area contributed by atoms with Crippen LogP contribution in [-0.2, 0) is 26.3 Å². The van der Waals surface area contributed by atoms with E-state index in [1.54, 1.807) is 28.5 Å². The predicted octanol–water partition coefficient (Wildman–Crippen LogP) is 6.31. The molecule has 1 unspecified atom stereocenters. The molecule has 0 saturated carbocycles. The minimum atomic E-state index is -4.37. The maximum absolute atomic E-state index is 15.8. The molecule has 0 spiro atoms. The number of aliphatic hydroxyl groups is 2. The standard InChI is InChI=1S/C58H70F3N11O7S2/c1-35-53(80-34-65-35)39-7-5-36(6-8-39)27-64-56(76)48-26-43(73)32-72(48)57(77)54(58(2,3)4)66-49(74)33-68-18-15-37(16-19-68)30-69-21-23-70(24-22-69)42-11-9-38(10-12-42)40-25-44-45(29-63-55(44)62-28-40)52(75)50-46(60)13-14-47(51(50)61)67-81(78,79)71-20-17-41(59)31-71/h5-14,25,28-29,34,37,41,43,48,54,57,67,73,77H,15-24,26-27,30-33H2,1-4H3,(H,62,63)(H,64,76)(H,66,74)/t41-,43-,48+,54-,57?/m1/s1. The van der Waals surface area contributed by atoms with E-state index in [1.807, 2.05) is 86.5 Å². The molecule has 5 atom stereocenters. The minimum absolute atomic E-state index is 0.00383. The van der Waals surface area contributed by atoms with Gasteiger partial charge in [-0.25, -0.2) is 23.1 Å². The maximum Gasteiger partial charge on any atom is 0.301 e. The summed E-state index contributed by atoms with van der Waals surface area (Å²) in [5.41, 5.74) is 5.40. The smallest absolute Gasteiger partial charge is 0.301 e. The number of aromatic amines is 1. The molecule has 81 heavy (non-hydrogen) atoms. The number of nitrogens with one attached hydrogen (secondary N) is 4. The Balaban J connectivity index is 0.678. The van der Waals surface area contributed by atoms with Crippen LogP contribution in [0.15, 0.2) is 84.6 Å². The van der Waals surface area contributed by atoms with Crippen molar-refractivity contribution < 1.29 is 46.2 Å². The summed E-state index contributed by atoms with van der Waals surface area (Å²) in [4.78, 5) is 62.6. The second-order valence-corrected chi connectivity index (χ2v) is 25.5. The SMILES string of the molecule is Cc1ncsc1-c1ccc(CNC(=O)[C@@H]2C[C@@H](O)CN2C(O)[C@@H](NC(=O)CN2CCC(CN3CCN(c4ccc(-c5cnc6[nH]cc(C(=O)c7c(F)ccc(NS(=O)(=O)N8CC[C@@H](F)C8)c7F)c6c5)cc4)CC3)CC2)C(C)(C)C)cc1. The van der Waals surface area contributed by atoms with E-state index >= 15 is 8.78 Å². The second-order valence-electron chi connectivity index (χ2n) is 22.9. The Morgan fingerprint density at radius 3 is 2.26 bits per heavy atom. The van der Waals surface area contributed by atoms with Crippen LogP contribution in [0.2, 0.25) is 0 Å². The van der Waals surface area contributed by atoms with Crippen molar-refractivity contribution in [2.45, 2.75) is 90.5 Å². The highest BCUT2D eigenvalue weighted by atomic mass is 32.2. The van der Waals surface area contributed by atoms with Gasteiger partial charge in [0.1, 0.15) is 23.9 Å². The fourth-order valence-corrected chi connectivity index (χ4v) is 13.7. The van der Waals surface area contributed by atoms with Crippen LogP contribution in [0.1, 0.15) is 73.6 Å². The molecule has 432 valence electrons. The topological polar surface area (TPSA) is 220 Å². The Morgan fingerprint density at radius 2 is 1.59 bits per heavy atom. The maximum atomic E-state index is 15.8. The van der Waals surface area contributed by atoms with Gasteiger partial charge < -0.3 is 30.7 Å². The van der Waals surface area contributed by atoms with Gasteiger partial charge in [0.05, 0.1) is 52.1 Å². The highest BCUT2D eigenvalue weighted by molar-refractivity contribution is 7.90. The zero-order valence-electron chi connectivity index (χ0n) is 45.9. The number of carbonyl (C=O) groups is 3. The van der Waals surface area contributed by atoms with Gasteiger partial charge in [-0.2, -0.15) is 12.7 Å². The first kappa shape index (κ1) is 57.9. The number of hydrogen-bond acceptors (Lipinski definition) is 14. The van der Waals surface area contributed by atoms with Crippen molar-refractivity contribution >= 4 is 61.6 Å². The Labute approximate surface area is 473 Å². The third kappa shape index (κ3) is 13.2. The monoisotopic (exact) mass is 1150 g/mol. The van der Waals surface area contributed by atoms with Crippen LogP contribution >= 0.6 is 11.3 Å². The van der Waals surface area contributed by atoms with Gasteiger partial charge in [-0.05, 0) is 104 Å². The van der Waals surface area contributed by atoms with Gasteiger partial charge in [-0.15, -0.1) is 11.3 Å². The van der Waals surface area contributed by atoms with E-state index in [9.17, 15) is 37.4 Å². The van der Waals surface area contributed by atoms with Crippen LogP contribution in [0.5, 0.6) is 0 Å². The summed E-state index contributed by atoms with van der Waals surface area (Å²) in [5.74, 6) is -3.59. The summed E-state index contributed by atoms with van der Waals surface area (Å²) >= 11 is 1.58. The van der Waals surface area contributed by atoms with Crippen molar-refractivity contribution in [1.82, 2.24) is 44.6 Å². The molecule has 3 aromatic carbocycles. The number of rotatable bonds is 18. The highest BCUT2D eigenvalue weighted by Gasteiger charge is 2.45. The molecule has 0 aliphatic carbocycles. The number of aryl methyl sites for hydroxylation is 1. The van der Waals surface area contributed by atoms with E-state index in [0.29, 0.717) is 22.5 Å². The summed E-state index contributed by atoms with van der Waals surface area (Å²) in [6.45, 7) is 13.8. The molecule has 7 heterocycles. The predicted molar refractivity (Wildman–Crippen MR) is 305 cm³/mol. The van der Waals surface area contributed by atoms with E-state index < -0.39 is 81.4 Å². The highest BCUT2D eigenvalue weighted by Crippen LogP contribution is 2.34. The van der Waals surface area contributed by atoms with E-state index in [-0.39, 0.29) is 56.4 Å². The van der Waals surface area contributed by atoms with Crippen LogP contribution in [0, 0.1) is 29.9 Å². The van der Waals surface area contributed by atoms with Gasteiger partial charge in [-0.3, -0.25) is 33.8 Å². The fourth-order valence-electron chi connectivity index (χ4n) is 11.6. The number of H-pyrrole nitrogens is 1. The number of ketones is 1. The molecule has 3 aromatic heterocycles. The van der Waals surface area contributed by atoms with E-state index in [2.05, 4.69) is 40.3 Å². The van der Waals surface area contributed by atoms with E-state index in [4.69, 9.17) is 0 Å². The molecule has 6 aromatic rings. The molecular weight excluding hydrogens is 1080 g/mol. The lowest BCUT2D eigenvalue weighted by atomic mass is 9.84. The van der Waals surface area contributed by atoms with Crippen molar-refractivity contribution in [2.75, 3.05) is 81.6 Å². The van der Waals surface area contributed by atoms with Crippen LogP contribution in [-0.4, -0.2) is 173 Å². The molecule has 6 N–H and O–H groups in total. The van der Waals surface area contributed by atoms with Crippen LogP contribution in [0.4, 0.5) is 24.5 Å². The number of likely N-dealkylation sites (tertiary alicyclic amines) is 2. The summed E-state index contributed by atoms with van der Waals surface area (Å²) in [6.07, 6.45) is 1.64. The van der Waals surface area contributed by atoms with Crippen molar-refractivity contribution in [3.63, 3.8) is 0 Å². The quantitative estimate of drug-likeness (QED) is 0.0521. The van der Waals surface area contributed by atoms with Crippen molar-refractivity contribution in [3.8, 4) is 21.6 Å². The molecule has 2 amide bonds. The number of hydrogen-bond donors (Lipinski definition) is 6. The van der Waals surface area contributed by atoms with Crippen LogP contribution in [0.3, 0.4) is 0 Å². The lowest BCUT2D eigenvalue weighted by molar-refractivity contribution is -0.135. The molecular formula is C58H70F3N11O7S2. The van der Waals surface area contributed by atoms with Crippen molar-refractivity contribution in [1.29, 1.82) is 0 Å². The van der Waals surface area contributed by atoms with Crippen LogP contribution in [0.25, 0.3) is 32.6 Å². The van der Waals surface area contributed by atoms with Gasteiger partial charge in [0.2, 0.25) is 17.6 Å². The summed E-state index contributed by atoms with van der Waals surface area (Å²) in [6, 6.07) is 17.9. The van der Waals surface area contributed by atoms with Gasteiger partial charge >= 0.3 is 10.2 Å². The van der Waals surface area contributed by atoms with Gasteiger partial charge in [0.15, 0.2) is 5.82 Å². The van der Waals surface area contributed by atoms with Crippen molar-refractivity contribution in [3.05, 3.63) is 119 Å². The van der Waals surface area contributed by atoms with Gasteiger partial charge in [-0.1, -0.05) is 57.2 Å². The first-order valence-corrected chi connectivity index (χ1v) is 29.9. The summed E-state index contributed by atoms with van der Waals surface area (Å²) in [5, 5.41) is 29.0. The molecule has 0 bridgehead atoms. The summed E-state index contributed by atoms with van der Waals surface area (Å²) in [7, 11) is -4.37. The van der Waals surface area contributed by atoms with Gasteiger partial charge in [0.25, 0.3) is 0 Å². The molecule has 4 aliphatic rings. The first-order valence-electron chi connectivity index (χ1n) is 27.6. The number of halogens is 3. The average Bonchev–Trinajstić information content (AvgIpc) is 4.41. The number of aliphatic hydroxyl groups excluding tert-OH is 2. The third-order valence-corrected chi connectivity index (χ3v) is 18.7. The zero-order chi connectivity index (χ0) is 57.3. The molecule has 10 rings (SSSR count). The second kappa shape index (κ2) is 24.3. The largest absolute Gasteiger partial charge is 0.392 e. The number of β-amino-alcohol motifs (C(OH)–C–C–N with tert-alkyl or cyclic N) is 1. The lowest BCUT2D eigenvalue weighted by Crippen LogP contribution is -2.61. The molecule has 4 aliphatic heterocycles. The van der Waals surface area contributed by atoms with Crippen LogP contribution < -0.4 is 20.3 Å². The number of amides is 2. The number of piperidine rings is 1. The number of nitrogens with zero attached hydrogens (tertiary/aromatic N) is 7. The molecule has 23 heteroatoms. The number of carbonyl (C=O) groups excluding carboxylic acids is 3. The number of benzene rings is 3. The number of anilines is 2. The number of alkyl halides is 1. The first-order chi connectivity index (χ1) is 38.7. The number of piperazine rings is 1. The Hall–Kier alpha value is -6.31. The molecule has 0 radical (unpaired) electrons. The Bertz CT molecular complexity index is 3340. The zero-order valence-corrected chi connectivity index (χ0v) is 47.5.